The van der Waals surface area contributed by atoms with E-state index in [0.717, 1.165) is 11.8 Å². The Kier molecular flexibility index (Phi) is 7.07. The molecule has 0 aliphatic carbocycles. The third kappa shape index (κ3) is 4.49. The average Bonchev–Trinajstić information content (AvgIpc) is 3.44. The van der Waals surface area contributed by atoms with E-state index in [4.69, 9.17) is 0 Å². The Hall–Kier alpha value is -3.63. The van der Waals surface area contributed by atoms with Gasteiger partial charge in [-0.15, -0.1) is 0 Å². The maximum absolute atomic E-state index is 13.9. The number of nitrogens with zero attached hydrogens (tertiary/aromatic N) is 4. The standard InChI is InChI=1S/C22H28F3N7O4/c1-12(2)7-14(20(3,17(34)27-4)30-19(36)22(23,24)25)16(33)31-11-21(8-13(31)9-26)18(35)29-10-15-28-5-6-32(15)21/h5-6,12-14H,7-8,10-11H2,1-4H3,(H,27,34)(H,29,35)(H,30,36)/t13-,14+,20?,21+/m0/s1. The van der Waals surface area contributed by atoms with Crippen molar-refractivity contribution in [1.29, 1.82) is 5.26 Å². The van der Waals surface area contributed by atoms with E-state index in [1.54, 1.807) is 29.9 Å². The molecule has 1 aromatic rings. The van der Waals surface area contributed by atoms with Gasteiger partial charge in [-0.2, -0.15) is 18.4 Å². The molecule has 2 aliphatic rings. The molecule has 3 heterocycles. The van der Waals surface area contributed by atoms with Gasteiger partial charge in [0, 0.05) is 25.9 Å². The summed E-state index contributed by atoms with van der Waals surface area (Å²) in [6.07, 6.45) is -2.40. The van der Waals surface area contributed by atoms with Crippen LogP contribution in [0.25, 0.3) is 0 Å². The number of alkyl halides is 3. The molecule has 196 valence electrons. The molecular weight excluding hydrogens is 483 g/mol. The van der Waals surface area contributed by atoms with Crippen LogP contribution in [0, 0.1) is 23.2 Å². The third-order valence-corrected chi connectivity index (χ3v) is 6.81. The maximum atomic E-state index is 13.9. The van der Waals surface area contributed by atoms with Crippen molar-refractivity contribution in [3.63, 3.8) is 0 Å². The zero-order valence-corrected chi connectivity index (χ0v) is 20.3. The molecular formula is C22H28F3N7O4. The van der Waals surface area contributed by atoms with Crippen molar-refractivity contribution in [3.8, 4) is 6.07 Å². The third-order valence-electron chi connectivity index (χ3n) is 6.81. The lowest BCUT2D eigenvalue weighted by atomic mass is 9.78. The quantitative estimate of drug-likeness (QED) is 0.496. The van der Waals surface area contributed by atoms with Gasteiger partial charge in [-0.05, 0) is 19.3 Å². The Morgan fingerprint density at radius 1 is 1.33 bits per heavy atom. The number of hydrogen-bond acceptors (Lipinski definition) is 6. The van der Waals surface area contributed by atoms with Crippen LogP contribution in [0.1, 0.15) is 39.4 Å². The molecule has 3 N–H and O–H groups in total. The minimum absolute atomic E-state index is 0.0783. The molecule has 0 aromatic carbocycles. The topological polar surface area (TPSA) is 149 Å². The fourth-order valence-electron chi connectivity index (χ4n) is 4.98. The Morgan fingerprint density at radius 2 is 2.00 bits per heavy atom. The Balaban J connectivity index is 2.06. The van der Waals surface area contributed by atoms with Crippen LogP contribution in [0.15, 0.2) is 12.4 Å². The number of aromatic nitrogens is 2. The van der Waals surface area contributed by atoms with E-state index in [0.29, 0.717) is 5.82 Å². The highest BCUT2D eigenvalue weighted by Gasteiger charge is 2.58. The van der Waals surface area contributed by atoms with E-state index >= 15 is 0 Å². The van der Waals surface area contributed by atoms with Gasteiger partial charge in [0.15, 0.2) is 0 Å². The lowest BCUT2D eigenvalue weighted by Gasteiger charge is -2.39. The fraction of sp³-hybridized carbons (Fsp3) is 0.636. The molecule has 1 aromatic heterocycles. The Labute approximate surface area is 205 Å². The number of fused-ring (bicyclic) bond motifs is 2. The summed E-state index contributed by atoms with van der Waals surface area (Å²) in [7, 11) is 1.17. The molecule has 2 aliphatic heterocycles. The molecule has 1 fully saturated rings. The van der Waals surface area contributed by atoms with Crippen molar-refractivity contribution in [2.45, 2.75) is 63.5 Å². The second-order valence-corrected chi connectivity index (χ2v) is 9.66. The molecule has 0 radical (unpaired) electrons. The van der Waals surface area contributed by atoms with Gasteiger partial charge in [0.05, 0.1) is 25.1 Å². The second-order valence-electron chi connectivity index (χ2n) is 9.66. The summed E-state index contributed by atoms with van der Waals surface area (Å²) in [4.78, 5) is 57.0. The first-order valence-corrected chi connectivity index (χ1v) is 11.3. The second kappa shape index (κ2) is 9.44. The summed E-state index contributed by atoms with van der Waals surface area (Å²) in [5.74, 6) is -5.85. The molecule has 36 heavy (non-hydrogen) atoms. The van der Waals surface area contributed by atoms with Gasteiger partial charge < -0.3 is 25.4 Å². The summed E-state index contributed by atoms with van der Waals surface area (Å²) < 4.78 is 41.0. The summed E-state index contributed by atoms with van der Waals surface area (Å²) in [6, 6.07) is 0.889. The molecule has 3 rings (SSSR count). The molecule has 14 heteroatoms. The Morgan fingerprint density at radius 3 is 2.56 bits per heavy atom. The number of likely N-dealkylation sites (N-methyl/N-ethyl adjacent to an activating group) is 1. The van der Waals surface area contributed by atoms with Crippen molar-refractivity contribution in [3.05, 3.63) is 18.2 Å². The highest BCUT2D eigenvalue weighted by molar-refractivity contribution is 5.98. The minimum Gasteiger partial charge on any atom is -0.357 e. The number of likely N-dealkylation sites (tertiary alicyclic amines) is 1. The number of hydrogen-bond donors (Lipinski definition) is 3. The fourth-order valence-corrected chi connectivity index (χ4v) is 4.98. The van der Waals surface area contributed by atoms with Crippen LogP contribution in [0.4, 0.5) is 13.2 Å². The summed E-state index contributed by atoms with van der Waals surface area (Å²) in [5.41, 5.74) is -3.64. The van der Waals surface area contributed by atoms with Crippen LogP contribution in [0.2, 0.25) is 0 Å². The predicted molar refractivity (Wildman–Crippen MR) is 117 cm³/mol. The lowest BCUT2D eigenvalue weighted by molar-refractivity contribution is -0.177. The molecule has 1 saturated heterocycles. The normalized spacial score (nSPS) is 23.9. The first-order chi connectivity index (χ1) is 16.7. The van der Waals surface area contributed by atoms with Crippen molar-refractivity contribution in [2.24, 2.45) is 11.8 Å². The number of rotatable bonds is 6. The van der Waals surface area contributed by atoms with Crippen molar-refractivity contribution >= 4 is 23.6 Å². The van der Waals surface area contributed by atoms with E-state index in [1.807, 2.05) is 6.07 Å². The molecule has 4 amide bonds. The molecule has 11 nitrogen and oxygen atoms in total. The molecule has 1 spiro atoms. The minimum atomic E-state index is -5.30. The van der Waals surface area contributed by atoms with Gasteiger partial charge in [-0.1, -0.05) is 13.8 Å². The molecule has 4 atom stereocenters. The lowest BCUT2D eigenvalue weighted by Crippen LogP contribution is -2.66. The van der Waals surface area contributed by atoms with Gasteiger partial charge in [0.25, 0.3) is 0 Å². The highest BCUT2D eigenvalue weighted by Crippen LogP contribution is 2.39. The maximum Gasteiger partial charge on any atom is 0.471 e. The van der Waals surface area contributed by atoms with E-state index in [9.17, 15) is 37.6 Å². The van der Waals surface area contributed by atoms with Crippen LogP contribution in [0.5, 0.6) is 0 Å². The van der Waals surface area contributed by atoms with E-state index in [-0.39, 0.29) is 31.8 Å². The van der Waals surface area contributed by atoms with Gasteiger partial charge >= 0.3 is 12.1 Å². The average molecular weight is 512 g/mol. The highest BCUT2D eigenvalue weighted by atomic mass is 19.4. The van der Waals surface area contributed by atoms with Crippen LogP contribution in [-0.4, -0.2) is 69.4 Å². The van der Waals surface area contributed by atoms with Gasteiger partial charge in [0.2, 0.25) is 17.7 Å². The largest absolute Gasteiger partial charge is 0.471 e. The van der Waals surface area contributed by atoms with Crippen molar-refractivity contribution < 1.29 is 32.3 Å². The molecule has 0 saturated carbocycles. The van der Waals surface area contributed by atoms with E-state index in [1.165, 1.54) is 13.2 Å². The summed E-state index contributed by atoms with van der Waals surface area (Å²) >= 11 is 0. The van der Waals surface area contributed by atoms with Gasteiger partial charge in [-0.3, -0.25) is 19.2 Å². The SMILES string of the molecule is CNC(=O)C(C)(NC(=O)C(F)(F)F)[C@H](CC(C)C)C(=O)N1C[C@]2(C[C@H]1C#N)C(=O)NCc1nccn12. The molecule has 1 unspecified atom stereocenters. The van der Waals surface area contributed by atoms with E-state index in [2.05, 4.69) is 15.6 Å². The number of halogens is 3. The zero-order chi connectivity index (χ0) is 27.1. The monoisotopic (exact) mass is 511 g/mol. The summed E-state index contributed by atoms with van der Waals surface area (Å²) in [5, 5.41) is 16.5. The number of carbonyl (C=O) groups is 4. The van der Waals surface area contributed by atoms with Gasteiger partial charge in [0.1, 0.15) is 22.9 Å². The number of imidazole rings is 1. The first-order valence-electron chi connectivity index (χ1n) is 11.3. The van der Waals surface area contributed by atoms with E-state index < -0.39 is 52.8 Å². The van der Waals surface area contributed by atoms with Crippen LogP contribution in [-0.2, 0) is 31.3 Å². The number of nitriles is 1. The number of nitrogens with one attached hydrogen (secondary N) is 3. The first kappa shape index (κ1) is 27.0. The number of carbonyl (C=O) groups excluding carboxylic acids is 4. The van der Waals surface area contributed by atoms with Crippen molar-refractivity contribution in [1.82, 2.24) is 30.4 Å². The smallest absolute Gasteiger partial charge is 0.357 e. The van der Waals surface area contributed by atoms with Crippen LogP contribution < -0.4 is 16.0 Å². The Bertz CT molecular complexity index is 1110. The van der Waals surface area contributed by atoms with Crippen molar-refractivity contribution in [2.75, 3.05) is 13.6 Å². The van der Waals surface area contributed by atoms with Crippen LogP contribution in [0.3, 0.4) is 0 Å². The zero-order valence-electron chi connectivity index (χ0n) is 20.3. The number of amides is 4. The molecule has 0 bridgehead atoms. The van der Waals surface area contributed by atoms with Gasteiger partial charge in [-0.25, -0.2) is 4.98 Å². The predicted octanol–water partition coefficient (Wildman–Crippen LogP) is 0.178. The van der Waals surface area contributed by atoms with Crippen LogP contribution >= 0.6 is 0 Å². The summed E-state index contributed by atoms with van der Waals surface area (Å²) in [6.45, 7) is 4.36.